The van der Waals surface area contributed by atoms with Gasteiger partial charge in [-0.3, -0.25) is 9.59 Å². The van der Waals surface area contributed by atoms with Gasteiger partial charge in [0.05, 0.1) is 7.11 Å². The summed E-state index contributed by atoms with van der Waals surface area (Å²) in [6.07, 6.45) is 0.868. The van der Waals surface area contributed by atoms with Crippen molar-refractivity contribution in [1.29, 1.82) is 0 Å². The first-order valence-electron chi connectivity index (χ1n) is 6.91. The number of carbonyl (C=O) groups excluding carboxylic acids is 3. The summed E-state index contributed by atoms with van der Waals surface area (Å²) in [5.41, 5.74) is 0.688. The van der Waals surface area contributed by atoms with E-state index in [1.54, 1.807) is 0 Å². The van der Waals surface area contributed by atoms with E-state index >= 15 is 0 Å². The molecule has 1 heterocycles. The van der Waals surface area contributed by atoms with Gasteiger partial charge in [0.2, 0.25) is 11.8 Å². The number of esters is 1. The zero-order valence-corrected chi connectivity index (χ0v) is 12.1. The van der Waals surface area contributed by atoms with E-state index in [0.717, 1.165) is 0 Å². The highest BCUT2D eigenvalue weighted by Crippen LogP contribution is 2.10. The monoisotopic (exact) mass is 308 g/mol. The van der Waals surface area contributed by atoms with Gasteiger partial charge in [0.15, 0.2) is 0 Å². The molecule has 0 unspecified atom stereocenters. The molecule has 0 bridgehead atoms. The van der Waals surface area contributed by atoms with E-state index in [9.17, 15) is 18.8 Å². The zero-order chi connectivity index (χ0) is 16.1. The molecular formula is C15H17FN2O4. The third-order valence-corrected chi connectivity index (χ3v) is 3.47. The molecule has 1 aliphatic rings. The van der Waals surface area contributed by atoms with Crippen molar-refractivity contribution in [3.63, 3.8) is 0 Å². The molecule has 0 spiro atoms. The zero-order valence-electron chi connectivity index (χ0n) is 12.1. The first-order chi connectivity index (χ1) is 10.5. The van der Waals surface area contributed by atoms with Crippen LogP contribution in [0.2, 0.25) is 0 Å². The highest BCUT2D eigenvalue weighted by Gasteiger charge is 2.30. The maximum absolute atomic E-state index is 12.9. The Morgan fingerprint density at radius 2 is 2.09 bits per heavy atom. The fraction of sp³-hybridized carbons (Fsp3) is 0.400. The molecule has 118 valence electrons. The highest BCUT2D eigenvalue weighted by molar-refractivity contribution is 5.93. The van der Waals surface area contributed by atoms with Crippen LogP contribution < -0.4 is 10.6 Å². The smallest absolute Gasteiger partial charge is 0.328 e. The lowest BCUT2D eigenvalue weighted by Gasteiger charge is -2.19. The quantitative estimate of drug-likeness (QED) is 0.767. The lowest BCUT2D eigenvalue weighted by molar-refractivity contribution is -0.145. The Bertz CT molecular complexity index is 573. The fourth-order valence-electron chi connectivity index (χ4n) is 2.27. The number of amides is 2. The Labute approximate surface area is 127 Å². The molecule has 0 aliphatic carbocycles. The normalized spacial score (nSPS) is 18.5. The van der Waals surface area contributed by atoms with Crippen molar-refractivity contribution in [3.8, 4) is 0 Å². The minimum atomic E-state index is -0.888. The van der Waals surface area contributed by atoms with Crippen LogP contribution in [0.1, 0.15) is 18.4 Å². The van der Waals surface area contributed by atoms with E-state index in [4.69, 9.17) is 0 Å². The number of carbonyl (C=O) groups is 3. The molecule has 2 amide bonds. The molecule has 1 aromatic rings. The molecule has 0 aromatic heterocycles. The fourth-order valence-corrected chi connectivity index (χ4v) is 2.27. The van der Waals surface area contributed by atoms with Crippen LogP contribution in [0.3, 0.4) is 0 Å². The molecule has 1 fully saturated rings. The Morgan fingerprint density at radius 3 is 2.64 bits per heavy atom. The first-order valence-corrected chi connectivity index (χ1v) is 6.91. The molecule has 1 aromatic carbocycles. The molecule has 0 saturated carbocycles. The van der Waals surface area contributed by atoms with E-state index in [1.165, 1.54) is 31.4 Å². The van der Waals surface area contributed by atoms with Crippen molar-refractivity contribution in [2.45, 2.75) is 31.3 Å². The molecule has 6 nitrogen and oxygen atoms in total. The Balaban J connectivity index is 2.02. The van der Waals surface area contributed by atoms with Gasteiger partial charge in [0.1, 0.15) is 17.9 Å². The van der Waals surface area contributed by atoms with E-state index in [1.807, 2.05) is 0 Å². The van der Waals surface area contributed by atoms with Crippen LogP contribution in [-0.4, -0.2) is 37.0 Å². The lowest BCUT2D eigenvalue weighted by Crippen LogP contribution is -2.49. The summed E-state index contributed by atoms with van der Waals surface area (Å²) in [5, 5.41) is 5.11. The van der Waals surface area contributed by atoms with Crippen molar-refractivity contribution < 1.29 is 23.5 Å². The summed E-state index contributed by atoms with van der Waals surface area (Å²) in [6, 6.07) is 4.11. The van der Waals surface area contributed by atoms with Gasteiger partial charge in [0, 0.05) is 12.8 Å². The van der Waals surface area contributed by atoms with Gasteiger partial charge in [0.25, 0.3) is 0 Å². The molecule has 7 heteroatoms. The van der Waals surface area contributed by atoms with E-state index in [0.29, 0.717) is 18.4 Å². The van der Waals surface area contributed by atoms with E-state index in [2.05, 4.69) is 15.4 Å². The number of nitrogens with one attached hydrogen (secondary N) is 2. The van der Waals surface area contributed by atoms with Gasteiger partial charge in [-0.05, 0) is 24.1 Å². The van der Waals surface area contributed by atoms with Crippen LogP contribution in [0.4, 0.5) is 4.39 Å². The number of hydrogen-bond acceptors (Lipinski definition) is 4. The standard InChI is InChI=1S/C15H17FN2O4/c1-22-15(21)12(8-9-2-4-10(16)5-3-9)18-14(20)11-6-7-13(19)17-11/h2-5,11-12H,6-8H2,1H3,(H,17,19)(H,18,20)/t11-,12+/m1/s1. The van der Waals surface area contributed by atoms with Crippen LogP contribution in [0.25, 0.3) is 0 Å². The second-order valence-corrected chi connectivity index (χ2v) is 5.07. The highest BCUT2D eigenvalue weighted by atomic mass is 19.1. The number of rotatable bonds is 5. The van der Waals surface area contributed by atoms with Crippen LogP contribution in [0.5, 0.6) is 0 Å². The molecule has 1 aliphatic heterocycles. The van der Waals surface area contributed by atoms with Crippen molar-refractivity contribution in [2.24, 2.45) is 0 Å². The maximum Gasteiger partial charge on any atom is 0.328 e. The summed E-state index contributed by atoms with van der Waals surface area (Å²) in [7, 11) is 1.23. The Hall–Kier alpha value is -2.44. The predicted octanol–water partition coefficient (Wildman–Crippen LogP) is 0.305. The number of methoxy groups -OCH3 is 1. The summed E-state index contributed by atoms with van der Waals surface area (Å²) in [6.45, 7) is 0. The van der Waals surface area contributed by atoms with Gasteiger partial charge in [-0.15, -0.1) is 0 Å². The van der Waals surface area contributed by atoms with Crippen LogP contribution in [-0.2, 0) is 25.5 Å². The average Bonchev–Trinajstić information content (AvgIpc) is 2.94. The Kier molecular flexibility index (Phi) is 5.08. The van der Waals surface area contributed by atoms with Crippen LogP contribution >= 0.6 is 0 Å². The first kappa shape index (κ1) is 15.9. The summed E-state index contributed by atoms with van der Waals surface area (Å²) in [5.74, 6) is -1.59. The van der Waals surface area contributed by atoms with Crippen molar-refractivity contribution in [3.05, 3.63) is 35.6 Å². The lowest BCUT2D eigenvalue weighted by atomic mass is 10.1. The van der Waals surface area contributed by atoms with Gasteiger partial charge in [-0.1, -0.05) is 12.1 Å². The average molecular weight is 308 g/mol. The summed E-state index contributed by atoms with van der Waals surface area (Å²) in [4.78, 5) is 35.0. The van der Waals surface area contributed by atoms with Crippen LogP contribution in [0, 0.1) is 5.82 Å². The Morgan fingerprint density at radius 1 is 1.41 bits per heavy atom. The molecule has 2 atom stereocenters. The molecule has 1 saturated heterocycles. The van der Waals surface area contributed by atoms with E-state index < -0.39 is 24.0 Å². The third-order valence-electron chi connectivity index (χ3n) is 3.47. The van der Waals surface area contributed by atoms with E-state index in [-0.39, 0.29) is 18.1 Å². The SMILES string of the molecule is COC(=O)[C@H](Cc1ccc(F)cc1)NC(=O)[C@H]1CCC(=O)N1. The van der Waals surface area contributed by atoms with Gasteiger partial charge in [-0.25, -0.2) is 9.18 Å². The largest absolute Gasteiger partial charge is 0.467 e. The number of halogens is 1. The molecular weight excluding hydrogens is 291 g/mol. The summed E-state index contributed by atoms with van der Waals surface area (Å²) >= 11 is 0. The van der Waals surface area contributed by atoms with Gasteiger partial charge >= 0.3 is 5.97 Å². The topological polar surface area (TPSA) is 84.5 Å². The van der Waals surface area contributed by atoms with Crippen molar-refractivity contribution in [2.75, 3.05) is 7.11 Å². The number of ether oxygens (including phenoxy) is 1. The second kappa shape index (κ2) is 7.02. The maximum atomic E-state index is 12.9. The second-order valence-electron chi connectivity index (χ2n) is 5.07. The molecule has 22 heavy (non-hydrogen) atoms. The van der Waals surface area contributed by atoms with Crippen molar-refractivity contribution in [1.82, 2.24) is 10.6 Å². The minimum absolute atomic E-state index is 0.180. The van der Waals surface area contributed by atoms with Gasteiger partial charge < -0.3 is 15.4 Å². The third kappa shape index (κ3) is 4.03. The number of hydrogen-bond donors (Lipinski definition) is 2. The predicted molar refractivity (Wildman–Crippen MR) is 75.2 cm³/mol. The van der Waals surface area contributed by atoms with Crippen molar-refractivity contribution >= 4 is 17.8 Å². The van der Waals surface area contributed by atoms with Crippen LogP contribution in [0.15, 0.2) is 24.3 Å². The molecule has 2 N–H and O–H groups in total. The minimum Gasteiger partial charge on any atom is -0.467 e. The molecule has 0 radical (unpaired) electrons. The summed E-state index contributed by atoms with van der Waals surface area (Å²) < 4.78 is 17.6. The number of benzene rings is 1. The molecule has 2 rings (SSSR count). The van der Waals surface area contributed by atoms with Gasteiger partial charge in [-0.2, -0.15) is 0 Å².